The molecule has 1 aliphatic heterocycles. The van der Waals surface area contributed by atoms with Crippen molar-refractivity contribution in [3.8, 4) is 11.7 Å². The zero-order valence-corrected chi connectivity index (χ0v) is 18.9. The van der Waals surface area contributed by atoms with Gasteiger partial charge in [-0.15, -0.1) is 10.2 Å². The van der Waals surface area contributed by atoms with Crippen molar-refractivity contribution in [2.45, 2.75) is 26.1 Å². The van der Waals surface area contributed by atoms with E-state index in [0.717, 1.165) is 11.8 Å². The second kappa shape index (κ2) is 9.80. The third-order valence-corrected chi connectivity index (χ3v) is 5.81. The Morgan fingerprint density at radius 3 is 2.47 bits per heavy atom. The standard InChI is InChI=1S/C23H25F3N6O2/c1-3-19-18(14-27-32(19)20-7-8-21(34-2)29-28-20)22(33)31-11-9-30(10-12-31)15-16-5-4-6-17(13-16)23(24,25)26/h4-8,13-14H,3,9-12,15H2,1-2H3. The molecule has 0 aliphatic carbocycles. The predicted molar refractivity (Wildman–Crippen MR) is 118 cm³/mol. The lowest BCUT2D eigenvalue weighted by Gasteiger charge is -2.34. The van der Waals surface area contributed by atoms with Gasteiger partial charge in [0, 0.05) is 38.8 Å². The minimum absolute atomic E-state index is 0.122. The van der Waals surface area contributed by atoms with E-state index in [4.69, 9.17) is 4.74 Å². The van der Waals surface area contributed by atoms with Crippen molar-refractivity contribution in [3.63, 3.8) is 0 Å². The first kappa shape index (κ1) is 23.7. The van der Waals surface area contributed by atoms with Crippen molar-refractivity contribution < 1.29 is 22.7 Å². The van der Waals surface area contributed by atoms with Crippen LogP contribution in [0.5, 0.6) is 5.88 Å². The number of halogens is 3. The van der Waals surface area contributed by atoms with E-state index >= 15 is 0 Å². The fourth-order valence-corrected chi connectivity index (χ4v) is 4.01. The molecular weight excluding hydrogens is 449 g/mol. The first-order valence-electron chi connectivity index (χ1n) is 10.9. The summed E-state index contributed by atoms with van der Waals surface area (Å²) in [7, 11) is 1.51. The zero-order valence-electron chi connectivity index (χ0n) is 18.9. The Hall–Kier alpha value is -3.47. The Morgan fingerprint density at radius 2 is 1.85 bits per heavy atom. The number of amides is 1. The molecule has 1 amide bonds. The summed E-state index contributed by atoms with van der Waals surface area (Å²) in [6, 6.07) is 8.77. The van der Waals surface area contributed by atoms with Crippen molar-refractivity contribution in [1.82, 2.24) is 29.8 Å². The number of piperazine rings is 1. The van der Waals surface area contributed by atoms with Crippen molar-refractivity contribution in [3.05, 3.63) is 65.0 Å². The van der Waals surface area contributed by atoms with Gasteiger partial charge < -0.3 is 9.64 Å². The maximum Gasteiger partial charge on any atom is 0.416 e. The van der Waals surface area contributed by atoms with Crippen LogP contribution in [0.1, 0.15) is 34.1 Å². The monoisotopic (exact) mass is 474 g/mol. The molecule has 11 heteroatoms. The van der Waals surface area contributed by atoms with Gasteiger partial charge in [0.05, 0.1) is 30.1 Å². The largest absolute Gasteiger partial charge is 0.480 e. The lowest BCUT2D eigenvalue weighted by Crippen LogP contribution is -2.48. The van der Waals surface area contributed by atoms with Crippen LogP contribution in [-0.4, -0.2) is 69.0 Å². The lowest BCUT2D eigenvalue weighted by molar-refractivity contribution is -0.137. The maximum absolute atomic E-state index is 13.2. The summed E-state index contributed by atoms with van der Waals surface area (Å²) in [4.78, 5) is 17.0. The van der Waals surface area contributed by atoms with E-state index in [1.807, 2.05) is 6.92 Å². The fraction of sp³-hybridized carbons (Fsp3) is 0.391. The summed E-state index contributed by atoms with van der Waals surface area (Å²) >= 11 is 0. The topological polar surface area (TPSA) is 76.4 Å². The van der Waals surface area contributed by atoms with Crippen molar-refractivity contribution in [2.24, 2.45) is 0 Å². The highest BCUT2D eigenvalue weighted by Crippen LogP contribution is 2.30. The molecule has 0 N–H and O–H groups in total. The molecule has 1 saturated heterocycles. The van der Waals surface area contributed by atoms with E-state index in [-0.39, 0.29) is 5.91 Å². The number of rotatable bonds is 6. The average Bonchev–Trinajstić information content (AvgIpc) is 3.28. The number of carbonyl (C=O) groups excluding carboxylic acids is 1. The van der Waals surface area contributed by atoms with Gasteiger partial charge in [-0.2, -0.15) is 18.3 Å². The quantitative estimate of drug-likeness (QED) is 0.546. The Bertz CT molecular complexity index is 1140. The van der Waals surface area contributed by atoms with Gasteiger partial charge in [-0.3, -0.25) is 9.69 Å². The molecular formula is C23H25F3N6O2. The number of methoxy groups -OCH3 is 1. The number of ether oxygens (including phenoxy) is 1. The molecule has 0 spiro atoms. The summed E-state index contributed by atoms with van der Waals surface area (Å²) in [5.74, 6) is 0.749. The summed E-state index contributed by atoms with van der Waals surface area (Å²) in [6.45, 7) is 4.44. The van der Waals surface area contributed by atoms with Crippen molar-refractivity contribution >= 4 is 5.91 Å². The Kier molecular flexibility index (Phi) is 6.82. The molecule has 3 heterocycles. The van der Waals surface area contributed by atoms with Crippen LogP contribution in [0.15, 0.2) is 42.6 Å². The SMILES string of the molecule is CCc1c(C(=O)N2CCN(Cc3cccc(C(F)(F)F)c3)CC2)cnn1-c1ccc(OC)nn1. The van der Waals surface area contributed by atoms with E-state index in [2.05, 4.69) is 20.2 Å². The molecule has 2 aromatic heterocycles. The van der Waals surface area contributed by atoms with Crippen LogP contribution >= 0.6 is 0 Å². The molecule has 34 heavy (non-hydrogen) atoms. The van der Waals surface area contributed by atoms with E-state index in [9.17, 15) is 18.0 Å². The van der Waals surface area contributed by atoms with Gasteiger partial charge in [0.1, 0.15) is 0 Å². The van der Waals surface area contributed by atoms with Crippen LogP contribution in [-0.2, 0) is 19.1 Å². The summed E-state index contributed by atoms with van der Waals surface area (Å²) in [5, 5.41) is 12.4. The van der Waals surface area contributed by atoms with Crippen LogP contribution in [0.2, 0.25) is 0 Å². The summed E-state index contributed by atoms with van der Waals surface area (Å²) < 4.78 is 45.6. The molecule has 0 saturated carbocycles. The smallest absolute Gasteiger partial charge is 0.416 e. The molecule has 8 nitrogen and oxygen atoms in total. The highest BCUT2D eigenvalue weighted by molar-refractivity contribution is 5.95. The summed E-state index contributed by atoms with van der Waals surface area (Å²) in [5.41, 5.74) is 1.19. The van der Waals surface area contributed by atoms with Gasteiger partial charge in [0.15, 0.2) is 5.82 Å². The van der Waals surface area contributed by atoms with E-state index in [1.165, 1.54) is 19.2 Å². The molecule has 0 atom stereocenters. The normalized spacial score (nSPS) is 14.9. The molecule has 4 rings (SSSR count). The molecule has 180 valence electrons. The number of hydrogen-bond donors (Lipinski definition) is 0. The first-order valence-corrected chi connectivity index (χ1v) is 10.9. The Balaban J connectivity index is 1.41. The second-order valence-corrected chi connectivity index (χ2v) is 7.97. The zero-order chi connectivity index (χ0) is 24.3. The maximum atomic E-state index is 13.2. The average molecular weight is 474 g/mol. The number of carbonyl (C=O) groups is 1. The van der Waals surface area contributed by atoms with Gasteiger partial charge in [-0.25, -0.2) is 4.68 Å². The summed E-state index contributed by atoms with van der Waals surface area (Å²) in [6.07, 6.45) is -2.24. The minimum Gasteiger partial charge on any atom is -0.480 e. The first-order chi connectivity index (χ1) is 16.3. The molecule has 0 radical (unpaired) electrons. The second-order valence-electron chi connectivity index (χ2n) is 7.97. The molecule has 0 unspecified atom stereocenters. The highest BCUT2D eigenvalue weighted by Gasteiger charge is 2.31. The van der Waals surface area contributed by atoms with Gasteiger partial charge >= 0.3 is 6.18 Å². The van der Waals surface area contributed by atoms with E-state index < -0.39 is 11.7 Å². The van der Waals surface area contributed by atoms with Crippen LogP contribution in [0, 0.1) is 0 Å². The number of alkyl halides is 3. The molecule has 1 fully saturated rings. The Labute approximate surface area is 194 Å². The minimum atomic E-state index is -4.36. The number of nitrogens with zero attached hydrogens (tertiary/aromatic N) is 6. The molecule has 0 bridgehead atoms. The molecule has 1 aliphatic rings. The van der Waals surface area contributed by atoms with Crippen LogP contribution in [0.25, 0.3) is 5.82 Å². The van der Waals surface area contributed by atoms with Gasteiger partial charge in [0.25, 0.3) is 5.91 Å². The number of hydrogen-bond acceptors (Lipinski definition) is 6. The lowest BCUT2D eigenvalue weighted by atomic mass is 10.1. The van der Waals surface area contributed by atoms with E-state index in [1.54, 1.807) is 34.0 Å². The van der Waals surface area contributed by atoms with Gasteiger partial charge in [-0.1, -0.05) is 25.1 Å². The van der Waals surface area contributed by atoms with Gasteiger partial charge in [0.2, 0.25) is 5.88 Å². The van der Waals surface area contributed by atoms with Crippen molar-refractivity contribution in [1.29, 1.82) is 0 Å². The third kappa shape index (κ3) is 5.04. The fourth-order valence-electron chi connectivity index (χ4n) is 4.01. The van der Waals surface area contributed by atoms with Crippen LogP contribution in [0.4, 0.5) is 13.2 Å². The van der Waals surface area contributed by atoms with Crippen LogP contribution in [0.3, 0.4) is 0 Å². The van der Waals surface area contributed by atoms with Gasteiger partial charge in [-0.05, 0) is 24.1 Å². The molecule has 1 aromatic carbocycles. The number of aromatic nitrogens is 4. The third-order valence-electron chi connectivity index (χ3n) is 5.81. The van der Waals surface area contributed by atoms with Crippen LogP contribution < -0.4 is 4.74 Å². The Morgan fingerprint density at radius 1 is 1.09 bits per heavy atom. The number of benzene rings is 1. The highest BCUT2D eigenvalue weighted by atomic mass is 19.4. The molecule has 3 aromatic rings. The van der Waals surface area contributed by atoms with Crippen molar-refractivity contribution in [2.75, 3.05) is 33.3 Å². The predicted octanol–water partition coefficient (Wildman–Crippen LogP) is 3.21. The van der Waals surface area contributed by atoms with E-state index in [0.29, 0.717) is 62.0 Å².